The predicted molar refractivity (Wildman–Crippen MR) is 105 cm³/mol. The number of ketones is 2. The Kier molecular flexibility index (Phi) is 4.73. The van der Waals surface area contributed by atoms with E-state index < -0.39 is 70.3 Å². The van der Waals surface area contributed by atoms with Gasteiger partial charge in [-0.05, 0) is 55.7 Å². The summed E-state index contributed by atoms with van der Waals surface area (Å²) in [7, 11) is 0. The van der Waals surface area contributed by atoms with Crippen molar-refractivity contribution in [1.82, 2.24) is 0 Å². The number of Topliss-reactive ketones (excluding diaryl/α,β-unsaturated/α-hetero) is 1. The Morgan fingerprint density at radius 1 is 1.30 bits per heavy atom. The number of carbonyl (C=O) groups excluding carboxylic acids is 2. The van der Waals surface area contributed by atoms with Gasteiger partial charge >= 0.3 is 0 Å². The van der Waals surface area contributed by atoms with Gasteiger partial charge in [0.25, 0.3) is 0 Å². The number of aliphatic hydroxyl groups excluding tert-OH is 2. The van der Waals surface area contributed by atoms with Crippen molar-refractivity contribution in [1.29, 1.82) is 0 Å². The van der Waals surface area contributed by atoms with Crippen LogP contribution in [-0.4, -0.2) is 57.0 Å². The summed E-state index contributed by atoms with van der Waals surface area (Å²) in [6.07, 6.45) is -1.28. The third kappa shape index (κ3) is 2.27. The van der Waals surface area contributed by atoms with Gasteiger partial charge in [0.15, 0.2) is 17.2 Å². The zero-order chi connectivity index (χ0) is 22.4. The van der Waals surface area contributed by atoms with Gasteiger partial charge < -0.3 is 15.3 Å². The molecule has 3 N–H and O–H groups in total. The summed E-state index contributed by atoms with van der Waals surface area (Å²) < 4.78 is 32.3. The molecule has 3 saturated carbocycles. The van der Waals surface area contributed by atoms with Gasteiger partial charge in [-0.2, -0.15) is 0 Å². The lowest BCUT2D eigenvalue weighted by atomic mass is 9.44. The molecule has 3 fully saturated rings. The molecule has 0 saturated heterocycles. The first kappa shape index (κ1) is 22.1. The lowest BCUT2D eigenvalue weighted by Crippen LogP contribution is -2.70. The largest absolute Gasteiger partial charge is 0.390 e. The van der Waals surface area contributed by atoms with Crippen LogP contribution in [-0.2, 0) is 9.59 Å². The molecule has 9 atom stereocenters. The molecule has 0 amide bonds. The number of rotatable bonds is 2. The van der Waals surface area contributed by atoms with Crippen LogP contribution in [0.5, 0.6) is 0 Å². The molecule has 8 heteroatoms. The molecule has 0 unspecified atom stereocenters. The standard InChI is InChI=1S/C22H27ClF2O5/c1-10-4-11-12-5-15(24)13-6-16(27)14(23)7-19(13,2)21(12,25)17(28)8-20(11,3)22(10,30)18(29)9-26/h6-7,10-12,15,17,26,28,30H,4-5,8-9H2,1-3H3/t10-,11+,12-,15+,17+,19+,20+,21+,22+/m1/s1. The third-order valence-corrected chi connectivity index (χ3v) is 9.13. The van der Waals surface area contributed by atoms with Crippen LogP contribution in [0.25, 0.3) is 0 Å². The van der Waals surface area contributed by atoms with Crippen molar-refractivity contribution in [2.24, 2.45) is 28.6 Å². The van der Waals surface area contributed by atoms with Crippen molar-refractivity contribution in [3.05, 3.63) is 22.8 Å². The van der Waals surface area contributed by atoms with E-state index in [0.717, 1.165) is 6.08 Å². The molecular weight excluding hydrogens is 418 g/mol. The number of alkyl halides is 2. The molecule has 0 aromatic rings. The first-order valence-electron chi connectivity index (χ1n) is 10.3. The zero-order valence-electron chi connectivity index (χ0n) is 17.2. The van der Waals surface area contributed by atoms with Crippen molar-refractivity contribution in [2.75, 3.05) is 6.61 Å². The number of allylic oxidation sites excluding steroid dienone is 4. The summed E-state index contributed by atoms with van der Waals surface area (Å²) in [5, 5.41) is 31.7. The molecule has 0 aromatic carbocycles. The average Bonchev–Trinajstić information content (AvgIpc) is 2.87. The highest BCUT2D eigenvalue weighted by atomic mass is 35.5. The summed E-state index contributed by atoms with van der Waals surface area (Å²) in [6.45, 7) is 3.84. The molecular formula is C22H27ClF2O5. The number of carbonyl (C=O) groups is 2. The van der Waals surface area contributed by atoms with Gasteiger partial charge in [-0.3, -0.25) is 9.59 Å². The van der Waals surface area contributed by atoms with E-state index in [4.69, 9.17) is 11.6 Å². The van der Waals surface area contributed by atoms with Gasteiger partial charge in [0.1, 0.15) is 18.4 Å². The lowest BCUT2D eigenvalue weighted by Gasteiger charge is -2.63. The zero-order valence-corrected chi connectivity index (χ0v) is 17.9. The second kappa shape index (κ2) is 6.44. The van der Waals surface area contributed by atoms with Crippen LogP contribution in [0, 0.1) is 28.6 Å². The maximum absolute atomic E-state index is 17.0. The van der Waals surface area contributed by atoms with Gasteiger partial charge in [-0.1, -0.05) is 25.4 Å². The minimum Gasteiger partial charge on any atom is -0.390 e. The summed E-state index contributed by atoms with van der Waals surface area (Å²) in [5.41, 5.74) is -7.19. The van der Waals surface area contributed by atoms with Crippen molar-refractivity contribution < 1.29 is 33.7 Å². The third-order valence-electron chi connectivity index (χ3n) is 8.84. The Labute approximate surface area is 178 Å². The molecule has 4 aliphatic rings. The van der Waals surface area contributed by atoms with Gasteiger partial charge in [0.2, 0.25) is 0 Å². The van der Waals surface area contributed by atoms with Crippen LogP contribution >= 0.6 is 11.6 Å². The number of halogens is 3. The monoisotopic (exact) mass is 444 g/mol. The highest BCUT2D eigenvalue weighted by molar-refractivity contribution is 6.44. The summed E-state index contributed by atoms with van der Waals surface area (Å²) >= 11 is 6.02. The van der Waals surface area contributed by atoms with Crippen LogP contribution in [0.1, 0.15) is 40.0 Å². The number of aliphatic hydroxyl groups is 3. The highest BCUT2D eigenvalue weighted by Gasteiger charge is 2.76. The Morgan fingerprint density at radius 3 is 2.53 bits per heavy atom. The fourth-order valence-corrected chi connectivity index (χ4v) is 7.58. The Hall–Kier alpha value is -1.15. The molecule has 0 radical (unpaired) electrons. The van der Waals surface area contributed by atoms with Gasteiger partial charge in [0.05, 0.1) is 11.1 Å². The number of hydrogen-bond donors (Lipinski definition) is 3. The number of fused-ring (bicyclic) bond motifs is 5. The van der Waals surface area contributed by atoms with E-state index in [2.05, 4.69) is 0 Å². The summed E-state index contributed by atoms with van der Waals surface area (Å²) in [4.78, 5) is 24.6. The van der Waals surface area contributed by atoms with Crippen LogP contribution in [0.15, 0.2) is 22.8 Å². The molecule has 4 aliphatic carbocycles. The average molecular weight is 445 g/mol. The smallest absolute Gasteiger partial charge is 0.196 e. The maximum atomic E-state index is 17.0. The van der Waals surface area contributed by atoms with E-state index >= 15 is 8.78 Å². The minimum absolute atomic E-state index is 0.0361. The van der Waals surface area contributed by atoms with Crippen molar-refractivity contribution in [2.45, 2.75) is 63.6 Å². The van der Waals surface area contributed by atoms with Gasteiger partial charge in [-0.15, -0.1) is 0 Å². The van der Waals surface area contributed by atoms with E-state index in [-0.39, 0.29) is 29.9 Å². The van der Waals surface area contributed by atoms with Crippen molar-refractivity contribution in [3.8, 4) is 0 Å². The SMILES string of the molecule is C[C@@H]1C[C@H]2[C@H]3C[C@H](F)C4=CC(=O)C(Cl)=C[C@]4(C)[C@@]3(F)[C@@H](O)C[C@]2(C)[C@@]1(O)C(=O)CO. The van der Waals surface area contributed by atoms with Crippen LogP contribution < -0.4 is 0 Å². The Balaban J connectivity index is 1.89. The molecule has 0 aromatic heterocycles. The fraction of sp³-hybridized carbons (Fsp3) is 0.727. The first-order chi connectivity index (χ1) is 13.8. The molecule has 0 aliphatic heterocycles. The number of hydrogen-bond acceptors (Lipinski definition) is 5. The van der Waals surface area contributed by atoms with E-state index in [1.807, 2.05) is 0 Å². The van der Waals surface area contributed by atoms with E-state index in [9.17, 15) is 24.9 Å². The van der Waals surface area contributed by atoms with Gasteiger partial charge in [0, 0.05) is 16.7 Å². The lowest BCUT2D eigenvalue weighted by molar-refractivity contribution is -0.223. The van der Waals surface area contributed by atoms with E-state index in [1.165, 1.54) is 13.0 Å². The Morgan fingerprint density at radius 2 is 1.93 bits per heavy atom. The van der Waals surface area contributed by atoms with Crippen LogP contribution in [0.4, 0.5) is 8.78 Å². The highest BCUT2D eigenvalue weighted by Crippen LogP contribution is 2.71. The van der Waals surface area contributed by atoms with Crippen molar-refractivity contribution in [3.63, 3.8) is 0 Å². The summed E-state index contributed by atoms with van der Waals surface area (Å²) in [6, 6.07) is 0. The topological polar surface area (TPSA) is 94.8 Å². The van der Waals surface area contributed by atoms with E-state index in [1.54, 1.807) is 13.8 Å². The summed E-state index contributed by atoms with van der Waals surface area (Å²) in [5.74, 6) is -3.59. The predicted octanol–water partition coefficient (Wildman–Crippen LogP) is 2.41. The van der Waals surface area contributed by atoms with Crippen LogP contribution in [0.3, 0.4) is 0 Å². The second-order valence-electron chi connectivity index (χ2n) is 9.96. The quantitative estimate of drug-likeness (QED) is 0.608. The molecule has 5 nitrogen and oxygen atoms in total. The maximum Gasteiger partial charge on any atom is 0.196 e. The fourth-order valence-electron chi connectivity index (χ4n) is 7.31. The Bertz CT molecular complexity index is 889. The van der Waals surface area contributed by atoms with Crippen molar-refractivity contribution >= 4 is 23.2 Å². The molecule has 4 rings (SSSR count). The first-order valence-corrected chi connectivity index (χ1v) is 10.7. The molecule has 0 spiro atoms. The minimum atomic E-state index is -2.33. The van der Waals surface area contributed by atoms with E-state index in [0.29, 0.717) is 0 Å². The second-order valence-corrected chi connectivity index (χ2v) is 10.4. The molecule has 0 heterocycles. The normalized spacial score (nSPS) is 52.7. The van der Waals surface area contributed by atoms with Gasteiger partial charge in [-0.25, -0.2) is 8.78 Å². The molecule has 30 heavy (non-hydrogen) atoms. The van der Waals surface area contributed by atoms with Crippen LogP contribution in [0.2, 0.25) is 0 Å². The molecule has 166 valence electrons. The molecule has 0 bridgehead atoms.